The number of hydrogen-bond acceptors (Lipinski definition) is 2. The van der Waals surface area contributed by atoms with Crippen LogP contribution in [-0.4, -0.2) is 13.0 Å². The Morgan fingerprint density at radius 2 is 1.90 bits per heavy atom. The normalized spacial score (nSPS) is 10.4. The molecule has 0 aliphatic carbocycles. The van der Waals surface area contributed by atoms with E-state index in [1.807, 2.05) is 31.2 Å². The first-order valence-corrected chi connectivity index (χ1v) is 6.30. The summed E-state index contributed by atoms with van der Waals surface area (Å²) < 4.78 is 14.1. The van der Waals surface area contributed by atoms with E-state index in [4.69, 9.17) is 5.73 Å². The lowest BCUT2D eigenvalue weighted by molar-refractivity contribution is 0.0989. The first kappa shape index (κ1) is 14.1. The Bertz CT molecular complexity index is 668. The topological polar surface area (TPSA) is 46.3 Å². The molecular weight excluding hydrogens is 255 g/mol. The van der Waals surface area contributed by atoms with Gasteiger partial charge < -0.3 is 10.6 Å². The monoisotopic (exact) mass is 272 g/mol. The standard InChI is InChI=1S/C16H17FN2O/c1-10-5-4-6-13(7-10)19(3)16(20)14-9-12(18)8-11(2)15(14)17/h4-9H,18H2,1-3H3. The highest BCUT2D eigenvalue weighted by Gasteiger charge is 2.19. The molecule has 0 radical (unpaired) electrons. The van der Waals surface area contributed by atoms with Gasteiger partial charge in [0.15, 0.2) is 0 Å². The molecule has 0 heterocycles. The molecule has 1 amide bonds. The Morgan fingerprint density at radius 1 is 1.20 bits per heavy atom. The van der Waals surface area contributed by atoms with Crippen molar-refractivity contribution in [3.05, 3.63) is 58.9 Å². The third-order valence-electron chi connectivity index (χ3n) is 3.20. The Labute approximate surface area is 117 Å². The maximum atomic E-state index is 14.1. The predicted octanol–water partition coefficient (Wildman–Crippen LogP) is 3.30. The Kier molecular flexibility index (Phi) is 3.74. The highest BCUT2D eigenvalue weighted by molar-refractivity contribution is 6.06. The number of amides is 1. The average molecular weight is 272 g/mol. The van der Waals surface area contributed by atoms with Crippen LogP contribution < -0.4 is 10.6 Å². The molecule has 2 aromatic carbocycles. The van der Waals surface area contributed by atoms with Gasteiger partial charge in [-0.1, -0.05) is 12.1 Å². The lowest BCUT2D eigenvalue weighted by atomic mass is 10.1. The number of nitrogens with zero attached hydrogens (tertiary/aromatic N) is 1. The molecule has 2 aromatic rings. The van der Waals surface area contributed by atoms with Crippen molar-refractivity contribution in [2.75, 3.05) is 17.7 Å². The molecular formula is C16H17FN2O. The summed E-state index contributed by atoms with van der Waals surface area (Å²) in [5.41, 5.74) is 8.18. The fourth-order valence-corrected chi connectivity index (χ4v) is 2.09. The predicted molar refractivity (Wildman–Crippen MR) is 79.5 cm³/mol. The summed E-state index contributed by atoms with van der Waals surface area (Å²) in [6, 6.07) is 10.4. The number of nitrogen functional groups attached to an aromatic ring is 1. The van der Waals surface area contributed by atoms with Crippen molar-refractivity contribution < 1.29 is 9.18 Å². The van der Waals surface area contributed by atoms with Crippen molar-refractivity contribution in [2.45, 2.75) is 13.8 Å². The van der Waals surface area contributed by atoms with Crippen molar-refractivity contribution in [1.29, 1.82) is 0 Å². The zero-order valence-electron chi connectivity index (χ0n) is 11.8. The molecule has 2 N–H and O–H groups in total. The van der Waals surface area contributed by atoms with Crippen LogP contribution in [0.5, 0.6) is 0 Å². The van der Waals surface area contributed by atoms with E-state index in [1.165, 1.54) is 17.0 Å². The number of halogens is 1. The second kappa shape index (κ2) is 5.33. The number of carbonyl (C=O) groups is 1. The van der Waals surface area contributed by atoms with E-state index < -0.39 is 11.7 Å². The maximum absolute atomic E-state index is 14.1. The summed E-state index contributed by atoms with van der Waals surface area (Å²) in [6.45, 7) is 3.53. The number of aryl methyl sites for hydroxylation is 2. The summed E-state index contributed by atoms with van der Waals surface area (Å²) in [4.78, 5) is 13.8. The number of anilines is 2. The largest absolute Gasteiger partial charge is 0.399 e. The van der Waals surface area contributed by atoms with Gasteiger partial charge in [-0.25, -0.2) is 4.39 Å². The molecule has 0 fully saturated rings. The van der Waals surface area contributed by atoms with Gasteiger partial charge in [-0.3, -0.25) is 4.79 Å². The van der Waals surface area contributed by atoms with Gasteiger partial charge in [-0.15, -0.1) is 0 Å². The molecule has 0 saturated heterocycles. The number of benzene rings is 2. The van der Waals surface area contributed by atoms with Crippen LogP contribution in [0.2, 0.25) is 0 Å². The van der Waals surface area contributed by atoms with Crippen molar-refractivity contribution in [3.8, 4) is 0 Å². The van der Waals surface area contributed by atoms with Crippen LogP contribution in [0.1, 0.15) is 21.5 Å². The Balaban J connectivity index is 2.41. The van der Waals surface area contributed by atoms with Gasteiger partial charge in [0.1, 0.15) is 5.82 Å². The molecule has 0 atom stereocenters. The van der Waals surface area contributed by atoms with E-state index in [2.05, 4.69) is 0 Å². The summed E-state index contributed by atoms with van der Waals surface area (Å²) in [6.07, 6.45) is 0. The lowest BCUT2D eigenvalue weighted by Crippen LogP contribution is -2.27. The van der Waals surface area contributed by atoms with E-state index in [0.29, 0.717) is 11.3 Å². The van der Waals surface area contributed by atoms with Crippen LogP contribution in [0, 0.1) is 19.7 Å². The van der Waals surface area contributed by atoms with E-state index in [-0.39, 0.29) is 5.56 Å². The molecule has 0 aliphatic heterocycles. The van der Waals surface area contributed by atoms with E-state index >= 15 is 0 Å². The average Bonchev–Trinajstić information content (AvgIpc) is 2.41. The van der Waals surface area contributed by atoms with Gasteiger partial charge in [-0.05, 0) is 49.2 Å². The van der Waals surface area contributed by atoms with Crippen molar-refractivity contribution in [1.82, 2.24) is 0 Å². The van der Waals surface area contributed by atoms with Crippen molar-refractivity contribution in [2.24, 2.45) is 0 Å². The second-order valence-corrected chi connectivity index (χ2v) is 4.90. The minimum Gasteiger partial charge on any atom is -0.399 e. The van der Waals surface area contributed by atoms with Crippen molar-refractivity contribution in [3.63, 3.8) is 0 Å². The lowest BCUT2D eigenvalue weighted by Gasteiger charge is -2.19. The quantitative estimate of drug-likeness (QED) is 0.853. The number of rotatable bonds is 2. The van der Waals surface area contributed by atoms with Gasteiger partial charge in [0.25, 0.3) is 5.91 Å². The van der Waals surface area contributed by atoms with Gasteiger partial charge in [0, 0.05) is 18.4 Å². The molecule has 20 heavy (non-hydrogen) atoms. The van der Waals surface area contributed by atoms with E-state index in [9.17, 15) is 9.18 Å². The van der Waals surface area contributed by atoms with Crippen LogP contribution in [0.4, 0.5) is 15.8 Å². The highest BCUT2D eigenvalue weighted by Crippen LogP contribution is 2.22. The van der Waals surface area contributed by atoms with Gasteiger partial charge in [0.2, 0.25) is 0 Å². The third kappa shape index (κ3) is 2.64. The molecule has 2 rings (SSSR count). The Morgan fingerprint density at radius 3 is 2.55 bits per heavy atom. The third-order valence-corrected chi connectivity index (χ3v) is 3.20. The van der Waals surface area contributed by atoms with Crippen LogP contribution in [-0.2, 0) is 0 Å². The zero-order chi connectivity index (χ0) is 14.9. The SMILES string of the molecule is Cc1cccc(N(C)C(=O)c2cc(N)cc(C)c2F)c1. The van der Waals surface area contributed by atoms with Gasteiger partial charge >= 0.3 is 0 Å². The molecule has 4 heteroatoms. The molecule has 0 aliphatic rings. The van der Waals surface area contributed by atoms with Crippen molar-refractivity contribution >= 4 is 17.3 Å². The molecule has 0 saturated carbocycles. The molecule has 0 bridgehead atoms. The highest BCUT2D eigenvalue weighted by atomic mass is 19.1. The number of nitrogens with two attached hydrogens (primary N) is 1. The number of carbonyl (C=O) groups excluding carboxylic acids is 1. The fraction of sp³-hybridized carbons (Fsp3) is 0.188. The van der Waals surface area contributed by atoms with Crippen LogP contribution in [0.3, 0.4) is 0 Å². The fourth-order valence-electron chi connectivity index (χ4n) is 2.09. The van der Waals surface area contributed by atoms with Gasteiger partial charge in [0.05, 0.1) is 5.56 Å². The first-order chi connectivity index (χ1) is 9.40. The molecule has 3 nitrogen and oxygen atoms in total. The summed E-state index contributed by atoms with van der Waals surface area (Å²) >= 11 is 0. The summed E-state index contributed by atoms with van der Waals surface area (Å²) in [5.74, 6) is -0.938. The summed E-state index contributed by atoms with van der Waals surface area (Å²) in [7, 11) is 1.62. The molecule has 0 aromatic heterocycles. The Hall–Kier alpha value is -2.36. The van der Waals surface area contributed by atoms with Gasteiger partial charge in [-0.2, -0.15) is 0 Å². The van der Waals surface area contributed by atoms with Crippen LogP contribution in [0.15, 0.2) is 36.4 Å². The molecule has 0 spiro atoms. The smallest absolute Gasteiger partial charge is 0.261 e. The van der Waals surface area contributed by atoms with Crippen LogP contribution in [0.25, 0.3) is 0 Å². The zero-order valence-corrected chi connectivity index (χ0v) is 11.8. The second-order valence-electron chi connectivity index (χ2n) is 4.90. The molecule has 104 valence electrons. The minimum absolute atomic E-state index is 0.00786. The molecule has 0 unspecified atom stereocenters. The van der Waals surface area contributed by atoms with E-state index in [1.54, 1.807) is 14.0 Å². The summed E-state index contributed by atoms with van der Waals surface area (Å²) in [5, 5.41) is 0. The van der Waals surface area contributed by atoms with E-state index in [0.717, 1.165) is 11.3 Å². The minimum atomic E-state index is -0.524. The van der Waals surface area contributed by atoms with Crippen LogP contribution >= 0.6 is 0 Å². The first-order valence-electron chi connectivity index (χ1n) is 6.30. The number of hydrogen-bond donors (Lipinski definition) is 1. The maximum Gasteiger partial charge on any atom is 0.261 e.